The first-order valence-electron chi connectivity index (χ1n) is 12.1. The summed E-state index contributed by atoms with van der Waals surface area (Å²) in [5.41, 5.74) is -1.81. The number of ether oxygens (including phenoxy) is 3. The molecular weight excluding hydrogens is 498 g/mol. The molecule has 2 aromatic heterocycles. The molecule has 2 aliphatic rings. The average molecular weight is 526 g/mol. The van der Waals surface area contributed by atoms with Crippen LogP contribution in [-0.2, 0) is 26.4 Å². The lowest BCUT2D eigenvalue weighted by Gasteiger charge is -2.29. The van der Waals surface area contributed by atoms with E-state index in [-0.39, 0.29) is 30.9 Å². The van der Waals surface area contributed by atoms with Gasteiger partial charge in [0.15, 0.2) is 0 Å². The van der Waals surface area contributed by atoms with Gasteiger partial charge in [-0.1, -0.05) is 18.2 Å². The van der Waals surface area contributed by atoms with Gasteiger partial charge in [-0.3, -0.25) is 9.36 Å². The molecule has 1 saturated heterocycles. The summed E-state index contributed by atoms with van der Waals surface area (Å²) in [6.07, 6.45) is 0.994. The minimum absolute atomic E-state index is 0.00780. The Bertz CT molecular complexity index is 1520. The first-order chi connectivity index (χ1) is 17.8. The zero-order valence-corrected chi connectivity index (χ0v) is 21.4. The molecule has 3 heterocycles. The molecule has 1 saturated carbocycles. The molecule has 1 N–H and O–H groups in total. The molecule has 1 unspecified atom stereocenters. The van der Waals surface area contributed by atoms with Crippen LogP contribution >= 0.6 is 11.3 Å². The summed E-state index contributed by atoms with van der Waals surface area (Å²) in [5.74, 6) is -0.632. The van der Waals surface area contributed by atoms with Gasteiger partial charge in [-0.15, -0.1) is 11.3 Å². The van der Waals surface area contributed by atoms with Crippen LogP contribution in [0, 0.1) is 18.3 Å². The van der Waals surface area contributed by atoms with Gasteiger partial charge in [0, 0.05) is 18.8 Å². The predicted molar refractivity (Wildman–Crippen MR) is 135 cm³/mol. The fraction of sp³-hybridized carbons (Fsp3) is 0.462. The Hall–Kier alpha value is -3.46. The number of aromatic nitrogens is 2. The zero-order valence-electron chi connectivity index (χ0n) is 20.6. The van der Waals surface area contributed by atoms with E-state index in [1.54, 1.807) is 14.0 Å². The Balaban J connectivity index is 1.72. The van der Waals surface area contributed by atoms with Crippen molar-refractivity contribution in [2.75, 3.05) is 20.3 Å². The zero-order chi connectivity index (χ0) is 26.3. The molecule has 0 spiro atoms. The molecule has 3 aromatic rings. The molecule has 11 heteroatoms. The van der Waals surface area contributed by atoms with Crippen LogP contribution in [0.25, 0.3) is 10.2 Å². The number of fused-ring (bicyclic) bond motifs is 1. The number of aryl methyl sites for hydroxylation is 1. The van der Waals surface area contributed by atoms with E-state index in [2.05, 4.69) is 6.07 Å². The van der Waals surface area contributed by atoms with Gasteiger partial charge in [0.25, 0.3) is 5.56 Å². The number of aliphatic carboxylic acids is 1. The molecule has 0 bridgehead atoms. The number of rotatable bonds is 8. The second-order valence-corrected chi connectivity index (χ2v) is 10.4. The first kappa shape index (κ1) is 25.2. The lowest BCUT2D eigenvalue weighted by Crippen LogP contribution is -2.49. The number of carboxylic acid groups (broad SMARTS) is 1. The molecule has 1 aliphatic carbocycles. The standard InChI is InChI=1S/C26H27N3O7S/c1-15-20(13-27)37-23-21(15)22(30)29(26(9-10-26)24(31)32)25(33)28(23)14-19(36-16-7-11-35-12-8-16)17-5-3-4-6-18(17)34-2/h3-6,16,19H,7-12,14H2,1-2H3,(H,31,32). The number of methoxy groups -OCH3 is 1. The Morgan fingerprint density at radius 1 is 1.30 bits per heavy atom. The highest BCUT2D eigenvalue weighted by Gasteiger charge is 2.55. The maximum Gasteiger partial charge on any atom is 0.333 e. The highest BCUT2D eigenvalue weighted by Crippen LogP contribution is 2.42. The van der Waals surface area contributed by atoms with Crippen LogP contribution in [-0.4, -0.2) is 46.6 Å². The van der Waals surface area contributed by atoms with Crippen LogP contribution in [0.4, 0.5) is 0 Å². The van der Waals surface area contributed by atoms with Gasteiger partial charge in [-0.25, -0.2) is 14.2 Å². The maximum atomic E-state index is 13.9. The second-order valence-electron chi connectivity index (χ2n) is 9.40. The molecule has 194 valence electrons. The molecule has 2 fully saturated rings. The lowest BCUT2D eigenvalue weighted by molar-refractivity contribution is -0.142. The van der Waals surface area contributed by atoms with Crippen molar-refractivity contribution in [3.05, 3.63) is 61.1 Å². The fourth-order valence-corrected chi connectivity index (χ4v) is 6.10. The summed E-state index contributed by atoms with van der Waals surface area (Å²) in [4.78, 5) is 40.2. The molecule has 1 aliphatic heterocycles. The van der Waals surface area contributed by atoms with Gasteiger partial charge in [0.05, 0.1) is 25.1 Å². The molecule has 37 heavy (non-hydrogen) atoms. The number of hydrogen-bond acceptors (Lipinski definition) is 8. The SMILES string of the molecule is COc1ccccc1C(Cn1c(=O)n(C2(C(=O)O)CC2)c(=O)c2c(C)c(C#N)sc21)OC1CCOCC1. The summed E-state index contributed by atoms with van der Waals surface area (Å²) >= 11 is 1.05. The second kappa shape index (κ2) is 9.78. The van der Waals surface area contributed by atoms with E-state index >= 15 is 0 Å². The topological polar surface area (TPSA) is 133 Å². The maximum absolute atomic E-state index is 13.9. The van der Waals surface area contributed by atoms with Crippen molar-refractivity contribution in [2.45, 2.75) is 56.9 Å². The summed E-state index contributed by atoms with van der Waals surface area (Å²) in [5, 5.41) is 19.8. The first-order valence-corrected chi connectivity index (χ1v) is 12.9. The van der Waals surface area contributed by atoms with E-state index in [4.69, 9.17) is 14.2 Å². The van der Waals surface area contributed by atoms with Gasteiger partial charge >= 0.3 is 11.7 Å². The Labute approximate surface area is 216 Å². The van der Waals surface area contributed by atoms with Crippen molar-refractivity contribution < 1.29 is 24.1 Å². The Morgan fingerprint density at radius 3 is 2.62 bits per heavy atom. The van der Waals surface area contributed by atoms with Crippen LogP contribution in [0.1, 0.15) is 47.8 Å². The van der Waals surface area contributed by atoms with E-state index in [0.717, 1.165) is 21.5 Å². The summed E-state index contributed by atoms with van der Waals surface area (Å²) in [6.45, 7) is 2.78. The van der Waals surface area contributed by atoms with Crippen molar-refractivity contribution in [1.29, 1.82) is 5.26 Å². The number of carbonyl (C=O) groups is 1. The number of benzene rings is 1. The summed E-state index contributed by atoms with van der Waals surface area (Å²) in [6, 6.07) is 9.46. The van der Waals surface area contributed by atoms with Gasteiger partial charge in [0.2, 0.25) is 0 Å². The molecule has 0 amide bonds. The van der Waals surface area contributed by atoms with Gasteiger partial charge in [-0.05, 0) is 44.2 Å². The third kappa shape index (κ3) is 4.25. The fourth-order valence-electron chi connectivity index (χ4n) is 5.00. The minimum atomic E-state index is -1.58. The van der Waals surface area contributed by atoms with Gasteiger partial charge in [0.1, 0.15) is 33.2 Å². The van der Waals surface area contributed by atoms with E-state index in [0.29, 0.717) is 47.1 Å². The predicted octanol–water partition coefficient (Wildman–Crippen LogP) is 2.92. The van der Waals surface area contributed by atoms with E-state index in [1.807, 2.05) is 24.3 Å². The molecule has 0 radical (unpaired) electrons. The Morgan fingerprint density at radius 2 is 2.00 bits per heavy atom. The van der Waals surface area contributed by atoms with Crippen molar-refractivity contribution >= 4 is 27.5 Å². The highest BCUT2D eigenvalue weighted by atomic mass is 32.1. The van der Waals surface area contributed by atoms with Crippen LogP contribution in [0.2, 0.25) is 0 Å². The van der Waals surface area contributed by atoms with Crippen molar-refractivity contribution in [3.63, 3.8) is 0 Å². The molecule has 1 atom stereocenters. The molecule has 10 nitrogen and oxygen atoms in total. The van der Waals surface area contributed by atoms with Crippen LogP contribution in [0.3, 0.4) is 0 Å². The number of nitrogens with zero attached hydrogens (tertiary/aromatic N) is 3. The van der Waals surface area contributed by atoms with Gasteiger partial charge < -0.3 is 19.3 Å². The smallest absolute Gasteiger partial charge is 0.333 e. The van der Waals surface area contributed by atoms with E-state index < -0.39 is 28.9 Å². The van der Waals surface area contributed by atoms with Crippen molar-refractivity contribution in [1.82, 2.24) is 9.13 Å². The lowest BCUT2D eigenvalue weighted by atomic mass is 10.1. The highest BCUT2D eigenvalue weighted by molar-refractivity contribution is 7.19. The summed E-state index contributed by atoms with van der Waals surface area (Å²) < 4.78 is 19.8. The number of hydrogen-bond donors (Lipinski definition) is 1. The largest absolute Gasteiger partial charge is 0.496 e. The van der Waals surface area contributed by atoms with E-state index in [9.17, 15) is 24.8 Å². The molecule has 1 aromatic carbocycles. The average Bonchev–Trinajstić information content (AvgIpc) is 3.63. The van der Waals surface area contributed by atoms with Crippen molar-refractivity contribution in [3.8, 4) is 11.8 Å². The third-order valence-corrected chi connectivity index (χ3v) is 8.44. The minimum Gasteiger partial charge on any atom is -0.496 e. The number of nitriles is 1. The number of para-hydroxylation sites is 1. The molecule has 5 rings (SSSR count). The van der Waals surface area contributed by atoms with Crippen LogP contribution < -0.4 is 16.0 Å². The number of carboxylic acids is 1. The van der Waals surface area contributed by atoms with Crippen LogP contribution in [0.15, 0.2) is 33.9 Å². The normalized spacial score (nSPS) is 17.9. The van der Waals surface area contributed by atoms with Gasteiger partial charge in [-0.2, -0.15) is 5.26 Å². The summed E-state index contributed by atoms with van der Waals surface area (Å²) in [7, 11) is 1.56. The third-order valence-electron chi connectivity index (χ3n) is 7.22. The Kier molecular flexibility index (Phi) is 6.66. The van der Waals surface area contributed by atoms with Crippen molar-refractivity contribution in [2.24, 2.45) is 0 Å². The van der Waals surface area contributed by atoms with Crippen LogP contribution in [0.5, 0.6) is 5.75 Å². The number of thiophene rings is 1. The monoisotopic (exact) mass is 525 g/mol. The molecular formula is C26H27N3O7S. The quantitative estimate of drug-likeness (QED) is 0.475. The van der Waals surface area contributed by atoms with E-state index in [1.165, 1.54) is 4.57 Å².